The van der Waals surface area contributed by atoms with Gasteiger partial charge in [-0.25, -0.2) is 4.79 Å². The normalized spacial score (nSPS) is 9.89. The molecule has 2 N–H and O–H groups in total. The lowest BCUT2D eigenvalue weighted by molar-refractivity contribution is 0.0696. The van der Waals surface area contributed by atoms with E-state index >= 15 is 0 Å². The number of rotatable bonds is 4. The largest absolute Gasteiger partial charge is 0.478 e. The summed E-state index contributed by atoms with van der Waals surface area (Å²) in [7, 11) is 0. The van der Waals surface area contributed by atoms with E-state index in [0.717, 1.165) is 5.56 Å². The van der Waals surface area contributed by atoms with Crippen LogP contribution in [0.25, 0.3) is 0 Å². The molecule has 0 aliphatic rings. The summed E-state index contributed by atoms with van der Waals surface area (Å²) >= 11 is 0. The Bertz CT molecular complexity index is 597. The van der Waals surface area contributed by atoms with Crippen LogP contribution >= 0.6 is 0 Å². The molecule has 0 aliphatic heterocycles. The number of aromatic carboxylic acids is 1. The Balaban J connectivity index is 2.04. The summed E-state index contributed by atoms with van der Waals surface area (Å²) in [4.78, 5) is 26.5. The Morgan fingerprint density at radius 1 is 1.16 bits per heavy atom. The standard InChI is InChI=1S/C14H12N2O3/c17-13(16-9-10-4-2-1-3-5-10)12-8-11(14(18)19)6-7-15-12/h1-8H,9H2,(H,16,17)(H,18,19). The van der Waals surface area contributed by atoms with Crippen LogP contribution in [0.3, 0.4) is 0 Å². The van der Waals surface area contributed by atoms with Gasteiger partial charge in [-0.1, -0.05) is 30.3 Å². The van der Waals surface area contributed by atoms with Gasteiger partial charge in [0.05, 0.1) is 5.56 Å². The second kappa shape index (κ2) is 5.77. The van der Waals surface area contributed by atoms with Crippen LogP contribution in [0.15, 0.2) is 48.7 Å². The highest BCUT2D eigenvalue weighted by Crippen LogP contribution is 2.03. The Hall–Kier alpha value is -2.69. The molecule has 0 atom stereocenters. The van der Waals surface area contributed by atoms with Crippen molar-refractivity contribution in [3.63, 3.8) is 0 Å². The van der Waals surface area contributed by atoms with Crippen LogP contribution in [-0.4, -0.2) is 22.0 Å². The minimum absolute atomic E-state index is 0.0415. The van der Waals surface area contributed by atoms with Gasteiger partial charge in [0.15, 0.2) is 0 Å². The first-order valence-corrected chi connectivity index (χ1v) is 5.68. The summed E-state index contributed by atoms with van der Waals surface area (Å²) in [6.07, 6.45) is 1.31. The molecular weight excluding hydrogens is 244 g/mol. The van der Waals surface area contributed by atoms with E-state index < -0.39 is 11.9 Å². The molecular formula is C14H12N2O3. The lowest BCUT2D eigenvalue weighted by Crippen LogP contribution is -2.24. The average Bonchev–Trinajstić information content (AvgIpc) is 2.46. The molecule has 1 aromatic carbocycles. The fraction of sp³-hybridized carbons (Fsp3) is 0.0714. The summed E-state index contributed by atoms with van der Waals surface area (Å²) in [5, 5.41) is 11.5. The second-order valence-corrected chi connectivity index (χ2v) is 3.90. The molecule has 1 heterocycles. The number of pyridine rings is 1. The van der Waals surface area contributed by atoms with Gasteiger partial charge in [-0.3, -0.25) is 9.78 Å². The Morgan fingerprint density at radius 2 is 1.89 bits per heavy atom. The molecule has 0 radical (unpaired) electrons. The Morgan fingerprint density at radius 3 is 2.58 bits per heavy atom. The maximum atomic E-state index is 11.8. The lowest BCUT2D eigenvalue weighted by atomic mass is 10.2. The number of benzene rings is 1. The molecule has 1 amide bonds. The molecule has 0 unspecified atom stereocenters. The van der Waals surface area contributed by atoms with E-state index in [2.05, 4.69) is 10.3 Å². The number of hydrogen-bond donors (Lipinski definition) is 2. The summed E-state index contributed by atoms with van der Waals surface area (Å²) in [6, 6.07) is 12.0. The molecule has 96 valence electrons. The molecule has 0 spiro atoms. The molecule has 19 heavy (non-hydrogen) atoms. The zero-order valence-electron chi connectivity index (χ0n) is 10.0. The third-order valence-corrected chi connectivity index (χ3v) is 2.54. The molecule has 1 aromatic heterocycles. The fourth-order valence-corrected chi connectivity index (χ4v) is 1.56. The van der Waals surface area contributed by atoms with Crippen molar-refractivity contribution >= 4 is 11.9 Å². The number of nitrogens with zero attached hydrogens (tertiary/aromatic N) is 1. The van der Waals surface area contributed by atoms with Gasteiger partial charge in [0.2, 0.25) is 0 Å². The van der Waals surface area contributed by atoms with Gasteiger partial charge in [-0.15, -0.1) is 0 Å². The van der Waals surface area contributed by atoms with Crippen LogP contribution in [0.5, 0.6) is 0 Å². The van der Waals surface area contributed by atoms with E-state index in [0.29, 0.717) is 6.54 Å². The van der Waals surface area contributed by atoms with E-state index in [1.807, 2.05) is 30.3 Å². The number of carbonyl (C=O) groups is 2. The minimum Gasteiger partial charge on any atom is -0.478 e. The van der Waals surface area contributed by atoms with Crippen molar-refractivity contribution < 1.29 is 14.7 Å². The SMILES string of the molecule is O=C(O)c1ccnc(C(=O)NCc2ccccc2)c1. The minimum atomic E-state index is -1.08. The Kier molecular flexibility index (Phi) is 3.87. The van der Waals surface area contributed by atoms with Gasteiger partial charge in [0.1, 0.15) is 5.69 Å². The van der Waals surface area contributed by atoms with Gasteiger partial charge in [0, 0.05) is 12.7 Å². The van der Waals surface area contributed by atoms with Gasteiger partial charge in [0.25, 0.3) is 5.91 Å². The van der Waals surface area contributed by atoms with E-state index in [4.69, 9.17) is 5.11 Å². The highest BCUT2D eigenvalue weighted by atomic mass is 16.4. The first-order valence-electron chi connectivity index (χ1n) is 5.68. The number of carboxylic acids is 1. The quantitative estimate of drug-likeness (QED) is 0.872. The van der Waals surface area contributed by atoms with E-state index in [1.165, 1.54) is 18.3 Å². The van der Waals surface area contributed by atoms with Gasteiger partial charge >= 0.3 is 5.97 Å². The zero-order chi connectivity index (χ0) is 13.7. The van der Waals surface area contributed by atoms with Crippen molar-refractivity contribution in [1.29, 1.82) is 0 Å². The van der Waals surface area contributed by atoms with Crippen LogP contribution in [0.1, 0.15) is 26.4 Å². The number of aromatic nitrogens is 1. The van der Waals surface area contributed by atoms with Crippen LogP contribution in [-0.2, 0) is 6.54 Å². The molecule has 2 rings (SSSR count). The highest BCUT2D eigenvalue weighted by molar-refractivity contribution is 5.95. The van der Waals surface area contributed by atoms with Crippen LogP contribution in [0.4, 0.5) is 0 Å². The van der Waals surface area contributed by atoms with Crippen molar-refractivity contribution in [3.8, 4) is 0 Å². The molecule has 0 saturated carbocycles. The third kappa shape index (κ3) is 3.38. The number of nitrogens with one attached hydrogen (secondary N) is 1. The van der Waals surface area contributed by atoms with E-state index in [9.17, 15) is 9.59 Å². The number of carboxylic acid groups (broad SMARTS) is 1. The van der Waals surface area contributed by atoms with Gasteiger partial charge in [-0.05, 0) is 17.7 Å². The number of hydrogen-bond acceptors (Lipinski definition) is 3. The highest BCUT2D eigenvalue weighted by Gasteiger charge is 2.10. The van der Waals surface area contributed by atoms with Gasteiger partial charge < -0.3 is 10.4 Å². The second-order valence-electron chi connectivity index (χ2n) is 3.90. The summed E-state index contributed by atoms with van der Waals surface area (Å²) in [6.45, 7) is 0.374. The molecule has 5 heteroatoms. The van der Waals surface area contributed by atoms with E-state index in [-0.39, 0.29) is 11.3 Å². The molecule has 5 nitrogen and oxygen atoms in total. The monoisotopic (exact) mass is 256 g/mol. The zero-order valence-corrected chi connectivity index (χ0v) is 10.0. The van der Waals surface area contributed by atoms with Crippen LogP contribution in [0, 0.1) is 0 Å². The predicted molar refractivity (Wildman–Crippen MR) is 68.8 cm³/mol. The topological polar surface area (TPSA) is 79.3 Å². The first kappa shape index (κ1) is 12.8. The van der Waals surface area contributed by atoms with Gasteiger partial charge in [-0.2, -0.15) is 0 Å². The number of amides is 1. The smallest absolute Gasteiger partial charge is 0.335 e. The lowest BCUT2D eigenvalue weighted by Gasteiger charge is -2.05. The fourth-order valence-electron chi connectivity index (χ4n) is 1.56. The van der Waals surface area contributed by atoms with Crippen LogP contribution in [0.2, 0.25) is 0 Å². The molecule has 0 aliphatic carbocycles. The molecule has 2 aromatic rings. The first-order chi connectivity index (χ1) is 9.16. The summed E-state index contributed by atoms with van der Waals surface area (Å²) in [5.74, 6) is -1.48. The van der Waals surface area contributed by atoms with E-state index in [1.54, 1.807) is 0 Å². The van der Waals surface area contributed by atoms with Crippen molar-refractivity contribution in [2.75, 3.05) is 0 Å². The van der Waals surface area contributed by atoms with Crippen molar-refractivity contribution in [3.05, 3.63) is 65.5 Å². The number of carbonyl (C=O) groups excluding carboxylic acids is 1. The molecule has 0 fully saturated rings. The third-order valence-electron chi connectivity index (χ3n) is 2.54. The Labute approximate surface area is 109 Å². The van der Waals surface area contributed by atoms with Crippen LogP contribution < -0.4 is 5.32 Å². The van der Waals surface area contributed by atoms with Crippen molar-refractivity contribution in [2.24, 2.45) is 0 Å². The predicted octanol–water partition coefficient (Wildman–Crippen LogP) is 1.71. The average molecular weight is 256 g/mol. The maximum absolute atomic E-state index is 11.8. The molecule has 0 saturated heterocycles. The maximum Gasteiger partial charge on any atom is 0.335 e. The molecule has 0 bridgehead atoms. The van der Waals surface area contributed by atoms with Crippen molar-refractivity contribution in [2.45, 2.75) is 6.54 Å². The summed E-state index contributed by atoms with van der Waals surface area (Å²) in [5.41, 5.74) is 1.10. The summed E-state index contributed by atoms with van der Waals surface area (Å²) < 4.78 is 0. The van der Waals surface area contributed by atoms with Crippen molar-refractivity contribution in [1.82, 2.24) is 10.3 Å².